The first-order valence-corrected chi connectivity index (χ1v) is 13.5. The second-order valence-electron chi connectivity index (χ2n) is 10.2. The van der Waals surface area contributed by atoms with Gasteiger partial charge in [0.1, 0.15) is 0 Å². The van der Waals surface area contributed by atoms with Crippen molar-refractivity contribution in [2.24, 2.45) is 5.92 Å². The molecule has 5 rings (SSSR count). The molecule has 8 heteroatoms. The van der Waals surface area contributed by atoms with Crippen molar-refractivity contribution in [2.75, 3.05) is 0 Å². The number of thiophene rings is 1. The van der Waals surface area contributed by atoms with Crippen molar-refractivity contribution >= 4 is 22.2 Å². The first-order chi connectivity index (χ1) is 16.9. The molecule has 1 saturated carbocycles. The van der Waals surface area contributed by atoms with Gasteiger partial charge in [0.25, 0.3) is 5.56 Å². The molecule has 3 aromatic heterocycles. The highest BCUT2D eigenvalue weighted by molar-refractivity contribution is 7.09. The van der Waals surface area contributed by atoms with Crippen molar-refractivity contribution in [2.45, 2.75) is 78.6 Å². The smallest absolute Gasteiger partial charge is 0.252 e. The van der Waals surface area contributed by atoms with Crippen LogP contribution in [0.1, 0.15) is 79.0 Å². The fourth-order valence-electron chi connectivity index (χ4n) is 5.50. The van der Waals surface area contributed by atoms with Crippen LogP contribution in [0.4, 0.5) is 0 Å². The molecule has 0 unspecified atom stereocenters. The molecule has 35 heavy (non-hydrogen) atoms. The van der Waals surface area contributed by atoms with Crippen LogP contribution in [0, 0.1) is 19.8 Å². The van der Waals surface area contributed by atoms with Crippen molar-refractivity contribution < 1.29 is 0 Å². The van der Waals surface area contributed by atoms with Gasteiger partial charge in [-0.2, -0.15) is 0 Å². The molecular weight excluding hydrogens is 456 g/mol. The number of aryl methyl sites for hydroxylation is 2. The Hall–Kier alpha value is -2.84. The van der Waals surface area contributed by atoms with E-state index in [-0.39, 0.29) is 17.5 Å². The second-order valence-corrected chi connectivity index (χ2v) is 11.2. The van der Waals surface area contributed by atoms with Crippen molar-refractivity contribution in [1.82, 2.24) is 30.1 Å². The zero-order chi connectivity index (χ0) is 24.5. The normalized spacial score (nSPS) is 15.6. The Morgan fingerprint density at radius 3 is 2.63 bits per heavy atom. The zero-order valence-electron chi connectivity index (χ0n) is 21.0. The molecule has 4 aromatic rings. The maximum atomic E-state index is 13.3. The lowest BCUT2D eigenvalue weighted by atomic mass is 9.99. The lowest BCUT2D eigenvalue weighted by molar-refractivity contribution is 0.124. The summed E-state index contributed by atoms with van der Waals surface area (Å²) in [5.41, 5.74) is 3.92. The molecule has 1 aromatic carbocycles. The largest absolute Gasteiger partial charge is 0.321 e. The molecule has 1 fully saturated rings. The van der Waals surface area contributed by atoms with Crippen molar-refractivity contribution in [3.05, 3.63) is 73.5 Å². The molecule has 1 aliphatic rings. The number of pyridine rings is 1. The number of aromatic nitrogens is 5. The predicted molar refractivity (Wildman–Crippen MR) is 141 cm³/mol. The van der Waals surface area contributed by atoms with E-state index in [9.17, 15) is 4.79 Å². The quantitative estimate of drug-likeness (QED) is 0.342. The predicted octanol–water partition coefficient (Wildman–Crippen LogP) is 5.71. The number of rotatable bonds is 8. The van der Waals surface area contributed by atoms with Gasteiger partial charge in [0.15, 0.2) is 5.82 Å². The van der Waals surface area contributed by atoms with E-state index in [1.165, 1.54) is 23.3 Å². The van der Waals surface area contributed by atoms with Gasteiger partial charge < -0.3 is 4.98 Å². The van der Waals surface area contributed by atoms with Crippen LogP contribution in [0.25, 0.3) is 10.9 Å². The third-order valence-electron chi connectivity index (χ3n) is 7.31. The summed E-state index contributed by atoms with van der Waals surface area (Å²) in [6.45, 7) is 9.84. The van der Waals surface area contributed by atoms with Gasteiger partial charge in [0, 0.05) is 28.9 Å². The van der Waals surface area contributed by atoms with Gasteiger partial charge in [0.2, 0.25) is 0 Å². The highest BCUT2D eigenvalue weighted by Crippen LogP contribution is 2.35. The number of aromatic amines is 1. The fraction of sp³-hybridized carbons (Fsp3) is 0.481. The van der Waals surface area contributed by atoms with Gasteiger partial charge in [-0.1, -0.05) is 44.9 Å². The van der Waals surface area contributed by atoms with E-state index >= 15 is 0 Å². The number of tetrazole rings is 1. The number of benzene rings is 1. The highest BCUT2D eigenvalue weighted by atomic mass is 32.1. The number of nitrogens with zero attached hydrogens (tertiary/aromatic N) is 5. The van der Waals surface area contributed by atoms with Gasteiger partial charge in [-0.25, -0.2) is 4.68 Å². The van der Waals surface area contributed by atoms with Crippen LogP contribution in [-0.4, -0.2) is 30.1 Å². The Kier molecular flexibility index (Phi) is 6.84. The minimum atomic E-state index is -0.0275. The summed E-state index contributed by atoms with van der Waals surface area (Å²) in [7, 11) is 0. The first-order valence-electron chi connectivity index (χ1n) is 12.6. The molecule has 1 atom stereocenters. The average molecular weight is 491 g/mol. The maximum absolute atomic E-state index is 13.3. The van der Waals surface area contributed by atoms with E-state index in [0.29, 0.717) is 12.6 Å². The number of nitrogens with one attached hydrogen (secondary N) is 1. The third-order valence-corrected chi connectivity index (χ3v) is 8.17. The van der Waals surface area contributed by atoms with Crippen LogP contribution in [0.5, 0.6) is 0 Å². The van der Waals surface area contributed by atoms with E-state index in [2.05, 4.69) is 86.6 Å². The summed E-state index contributed by atoms with van der Waals surface area (Å²) >= 11 is 1.74. The van der Waals surface area contributed by atoms with E-state index in [0.717, 1.165) is 47.2 Å². The summed E-state index contributed by atoms with van der Waals surface area (Å²) in [4.78, 5) is 20.1. The van der Waals surface area contributed by atoms with Gasteiger partial charge in [-0.05, 0) is 71.7 Å². The summed E-state index contributed by atoms with van der Waals surface area (Å²) in [5.74, 6) is 1.18. The Morgan fingerprint density at radius 2 is 1.91 bits per heavy atom. The molecule has 3 heterocycles. The Bertz CT molecular complexity index is 1350. The SMILES string of the molecule is Cc1ccc(C)c2[nH]c(=O)c(CN(Cc3cccs3)[C@@H](c3nnnn3C3CCCC3)C(C)C)cc12. The van der Waals surface area contributed by atoms with Gasteiger partial charge in [0.05, 0.1) is 17.6 Å². The van der Waals surface area contributed by atoms with Crippen molar-refractivity contribution in [3.63, 3.8) is 0 Å². The fourth-order valence-corrected chi connectivity index (χ4v) is 6.23. The molecule has 7 nitrogen and oxygen atoms in total. The first kappa shape index (κ1) is 23.9. The second kappa shape index (κ2) is 10.0. The van der Waals surface area contributed by atoms with E-state index in [1.807, 2.05) is 6.92 Å². The standard InChI is InChI=1S/C27H34N6OS/c1-17(2)25(26-29-30-31-33(26)21-8-5-6-9-21)32(16-22-10-7-13-35-22)15-20-14-23-18(3)11-12-19(4)24(23)28-27(20)34/h7,10-14,17,21,25H,5-6,8-9,15-16H2,1-4H3,(H,28,34)/t25-/m1/s1. The molecule has 0 aliphatic heterocycles. The van der Waals surface area contributed by atoms with Crippen LogP contribution in [0.15, 0.2) is 40.5 Å². The van der Waals surface area contributed by atoms with E-state index in [4.69, 9.17) is 0 Å². The van der Waals surface area contributed by atoms with Gasteiger partial charge >= 0.3 is 0 Å². The van der Waals surface area contributed by atoms with E-state index < -0.39 is 0 Å². The third kappa shape index (κ3) is 4.82. The van der Waals surface area contributed by atoms with Crippen LogP contribution >= 0.6 is 11.3 Å². The Balaban J connectivity index is 1.57. The topological polar surface area (TPSA) is 79.7 Å². The lowest BCUT2D eigenvalue weighted by Crippen LogP contribution is -2.35. The molecule has 0 saturated heterocycles. The molecule has 0 spiro atoms. The summed E-state index contributed by atoms with van der Waals surface area (Å²) in [6.07, 6.45) is 4.69. The molecule has 1 N–H and O–H groups in total. The number of H-pyrrole nitrogens is 1. The molecule has 0 bridgehead atoms. The Labute approximate surface area is 210 Å². The molecule has 0 amide bonds. The summed E-state index contributed by atoms with van der Waals surface area (Å²) in [6, 6.07) is 10.9. The van der Waals surface area contributed by atoms with Gasteiger partial charge in [-0.15, -0.1) is 16.4 Å². The minimum absolute atomic E-state index is 0.0126. The van der Waals surface area contributed by atoms with Crippen LogP contribution in [0.3, 0.4) is 0 Å². The van der Waals surface area contributed by atoms with E-state index in [1.54, 1.807) is 11.3 Å². The lowest BCUT2D eigenvalue weighted by Gasteiger charge is -2.34. The molecular formula is C27H34N6OS. The molecule has 184 valence electrons. The number of hydrogen-bond donors (Lipinski definition) is 1. The van der Waals surface area contributed by atoms with Crippen LogP contribution < -0.4 is 5.56 Å². The molecule has 0 radical (unpaired) electrons. The Morgan fingerprint density at radius 1 is 1.14 bits per heavy atom. The summed E-state index contributed by atoms with van der Waals surface area (Å²) < 4.78 is 2.07. The average Bonchev–Trinajstić information content (AvgIpc) is 3.60. The number of hydrogen-bond acceptors (Lipinski definition) is 6. The van der Waals surface area contributed by atoms with Crippen molar-refractivity contribution in [1.29, 1.82) is 0 Å². The molecule has 1 aliphatic carbocycles. The minimum Gasteiger partial charge on any atom is -0.321 e. The van der Waals surface area contributed by atoms with Gasteiger partial charge in [-0.3, -0.25) is 9.69 Å². The maximum Gasteiger partial charge on any atom is 0.252 e. The number of fused-ring (bicyclic) bond motifs is 1. The highest BCUT2D eigenvalue weighted by Gasteiger charge is 2.33. The van der Waals surface area contributed by atoms with Crippen LogP contribution in [-0.2, 0) is 13.1 Å². The van der Waals surface area contributed by atoms with Crippen LogP contribution in [0.2, 0.25) is 0 Å². The zero-order valence-corrected chi connectivity index (χ0v) is 21.8. The van der Waals surface area contributed by atoms with Crippen molar-refractivity contribution in [3.8, 4) is 0 Å². The monoisotopic (exact) mass is 490 g/mol. The summed E-state index contributed by atoms with van der Waals surface area (Å²) in [5, 5.41) is 16.3.